The zero-order valence-corrected chi connectivity index (χ0v) is 22.4. The maximum absolute atomic E-state index is 13.5. The number of carbonyl (C=O) groups is 1. The second kappa shape index (κ2) is 11.4. The van der Waals surface area contributed by atoms with Gasteiger partial charge in [-0.2, -0.15) is 16.7 Å². The van der Waals surface area contributed by atoms with E-state index in [1.54, 1.807) is 6.07 Å². The van der Waals surface area contributed by atoms with E-state index in [-0.39, 0.29) is 22.9 Å². The molecule has 0 radical (unpaired) electrons. The predicted molar refractivity (Wildman–Crippen MR) is 141 cm³/mol. The number of anilines is 1. The molecule has 190 valence electrons. The minimum absolute atomic E-state index is 0.152. The molecule has 0 saturated heterocycles. The number of carbonyl (C=O) groups excluding carboxylic acids is 1. The standard InChI is InChI=1S/C25H32FN3O4S2/c1-6-17-15-20-21(24(30)27-4)22(18-9-11-19(26)12-10-18)33-25(20)28-23(17)29(35(5,31)32)13-7-8-14-34-16(2)3/h9-12,15-16H,6-8,13-14H2,1-5H3,(H,27,30). The molecule has 10 heteroatoms. The van der Waals surface area contributed by atoms with Gasteiger partial charge in [-0.1, -0.05) is 20.8 Å². The Bertz CT molecular complexity index is 1290. The maximum atomic E-state index is 13.5. The number of aromatic nitrogens is 1. The van der Waals surface area contributed by atoms with Gasteiger partial charge in [0, 0.05) is 19.2 Å². The lowest BCUT2D eigenvalue weighted by atomic mass is 10.0. The molecular formula is C25H32FN3O4S2. The lowest BCUT2D eigenvalue weighted by molar-refractivity contribution is 0.0964. The summed E-state index contributed by atoms with van der Waals surface area (Å²) < 4.78 is 46.3. The number of rotatable bonds is 11. The Balaban J connectivity index is 2.10. The molecule has 0 atom stereocenters. The van der Waals surface area contributed by atoms with Crippen molar-refractivity contribution in [2.75, 3.05) is 29.9 Å². The third-order valence-electron chi connectivity index (χ3n) is 5.52. The van der Waals surface area contributed by atoms with Gasteiger partial charge in [0.05, 0.1) is 17.2 Å². The number of furan rings is 1. The number of nitrogens with one attached hydrogen (secondary N) is 1. The largest absolute Gasteiger partial charge is 0.437 e. The summed E-state index contributed by atoms with van der Waals surface area (Å²) in [6.07, 6.45) is 3.26. The highest BCUT2D eigenvalue weighted by Crippen LogP contribution is 2.36. The molecule has 1 N–H and O–H groups in total. The van der Waals surface area contributed by atoms with Gasteiger partial charge in [0.25, 0.3) is 5.91 Å². The fourth-order valence-electron chi connectivity index (χ4n) is 3.79. The Hall–Kier alpha value is -2.59. The molecule has 0 fully saturated rings. The maximum Gasteiger partial charge on any atom is 0.255 e. The van der Waals surface area contributed by atoms with Gasteiger partial charge in [-0.05, 0) is 66.2 Å². The molecule has 0 spiro atoms. The Morgan fingerprint density at radius 1 is 1.23 bits per heavy atom. The molecule has 2 aromatic heterocycles. The van der Waals surface area contributed by atoms with Crippen LogP contribution in [0.4, 0.5) is 10.2 Å². The van der Waals surface area contributed by atoms with Gasteiger partial charge in [-0.15, -0.1) is 0 Å². The Kier molecular flexibility index (Phi) is 8.82. The van der Waals surface area contributed by atoms with Crippen LogP contribution in [0, 0.1) is 5.82 Å². The first-order valence-corrected chi connectivity index (χ1v) is 14.5. The summed E-state index contributed by atoms with van der Waals surface area (Å²) in [7, 11) is -2.09. The van der Waals surface area contributed by atoms with Crippen molar-refractivity contribution in [3.63, 3.8) is 0 Å². The van der Waals surface area contributed by atoms with Crippen LogP contribution in [-0.2, 0) is 16.4 Å². The number of benzene rings is 1. The number of hydrogen-bond acceptors (Lipinski definition) is 6. The quantitative estimate of drug-likeness (QED) is 0.347. The van der Waals surface area contributed by atoms with Gasteiger partial charge in [0.1, 0.15) is 17.4 Å². The van der Waals surface area contributed by atoms with E-state index < -0.39 is 15.8 Å². The zero-order valence-electron chi connectivity index (χ0n) is 20.7. The summed E-state index contributed by atoms with van der Waals surface area (Å²) in [5.41, 5.74) is 1.64. The predicted octanol–water partition coefficient (Wildman–Crippen LogP) is 5.24. The van der Waals surface area contributed by atoms with Crippen LogP contribution < -0.4 is 9.62 Å². The molecule has 0 unspecified atom stereocenters. The molecule has 0 bridgehead atoms. The van der Waals surface area contributed by atoms with E-state index >= 15 is 0 Å². The molecular weight excluding hydrogens is 489 g/mol. The van der Waals surface area contributed by atoms with Gasteiger partial charge in [0.15, 0.2) is 0 Å². The number of amides is 1. The number of hydrogen-bond donors (Lipinski definition) is 1. The van der Waals surface area contributed by atoms with Crippen molar-refractivity contribution in [2.45, 2.75) is 45.3 Å². The average Bonchev–Trinajstić information content (AvgIpc) is 3.17. The van der Waals surface area contributed by atoms with E-state index in [1.807, 2.05) is 18.7 Å². The second-order valence-electron chi connectivity index (χ2n) is 8.53. The number of halogens is 1. The summed E-state index contributed by atoms with van der Waals surface area (Å²) in [5.74, 6) is 0.735. The van der Waals surface area contributed by atoms with E-state index in [1.165, 1.54) is 41.9 Å². The molecule has 0 aliphatic carbocycles. The number of fused-ring (bicyclic) bond motifs is 1. The first-order valence-electron chi connectivity index (χ1n) is 11.6. The van der Waals surface area contributed by atoms with Gasteiger partial charge in [-0.3, -0.25) is 9.10 Å². The number of thioether (sulfide) groups is 1. The first-order chi connectivity index (χ1) is 16.6. The Morgan fingerprint density at radius 2 is 1.91 bits per heavy atom. The van der Waals surface area contributed by atoms with Crippen LogP contribution in [0.5, 0.6) is 0 Å². The third kappa shape index (κ3) is 6.35. The van der Waals surface area contributed by atoms with Crippen molar-refractivity contribution in [2.24, 2.45) is 0 Å². The fourth-order valence-corrected chi connectivity index (χ4v) is 5.57. The zero-order chi connectivity index (χ0) is 25.8. The van der Waals surface area contributed by atoms with Gasteiger partial charge in [-0.25, -0.2) is 12.8 Å². The van der Waals surface area contributed by atoms with E-state index in [4.69, 9.17) is 4.42 Å². The van der Waals surface area contributed by atoms with Crippen LogP contribution in [-0.4, -0.2) is 50.2 Å². The normalized spacial score (nSPS) is 11.9. The fraction of sp³-hybridized carbons (Fsp3) is 0.440. The molecule has 1 amide bonds. The van der Waals surface area contributed by atoms with E-state index in [0.29, 0.717) is 47.0 Å². The highest BCUT2D eigenvalue weighted by Gasteiger charge is 2.27. The monoisotopic (exact) mass is 521 g/mol. The summed E-state index contributed by atoms with van der Waals surface area (Å²) >= 11 is 1.84. The van der Waals surface area contributed by atoms with Crippen LogP contribution >= 0.6 is 11.8 Å². The van der Waals surface area contributed by atoms with E-state index in [9.17, 15) is 17.6 Å². The highest BCUT2D eigenvalue weighted by molar-refractivity contribution is 7.99. The summed E-state index contributed by atoms with van der Waals surface area (Å²) in [6.45, 7) is 6.48. The van der Waals surface area contributed by atoms with Crippen LogP contribution in [0.1, 0.15) is 49.5 Å². The van der Waals surface area contributed by atoms with Crippen LogP contribution in [0.3, 0.4) is 0 Å². The minimum atomic E-state index is -3.60. The molecule has 2 heterocycles. The molecule has 0 saturated carbocycles. The van der Waals surface area contributed by atoms with Crippen molar-refractivity contribution in [3.05, 3.63) is 47.3 Å². The summed E-state index contributed by atoms with van der Waals surface area (Å²) in [6, 6.07) is 7.40. The molecule has 3 aromatic rings. The first kappa shape index (κ1) is 27.0. The Morgan fingerprint density at radius 3 is 2.49 bits per heavy atom. The van der Waals surface area contributed by atoms with Crippen molar-refractivity contribution >= 4 is 44.6 Å². The van der Waals surface area contributed by atoms with Crippen molar-refractivity contribution in [1.82, 2.24) is 10.3 Å². The summed E-state index contributed by atoms with van der Waals surface area (Å²) in [5, 5.41) is 3.62. The summed E-state index contributed by atoms with van der Waals surface area (Å²) in [4.78, 5) is 17.4. The number of unbranched alkanes of at least 4 members (excludes halogenated alkanes) is 1. The van der Waals surface area contributed by atoms with Crippen LogP contribution in [0.25, 0.3) is 22.4 Å². The van der Waals surface area contributed by atoms with E-state index in [2.05, 4.69) is 24.1 Å². The number of sulfonamides is 1. The third-order valence-corrected chi connectivity index (χ3v) is 7.87. The van der Waals surface area contributed by atoms with Gasteiger partial charge in [0.2, 0.25) is 15.7 Å². The number of pyridine rings is 1. The van der Waals surface area contributed by atoms with Gasteiger partial charge >= 0.3 is 0 Å². The molecule has 0 aliphatic rings. The molecule has 3 rings (SSSR count). The van der Waals surface area contributed by atoms with Crippen LogP contribution in [0.15, 0.2) is 34.7 Å². The molecule has 1 aromatic carbocycles. The van der Waals surface area contributed by atoms with E-state index in [0.717, 1.165) is 12.2 Å². The molecule has 0 aliphatic heterocycles. The SMILES string of the molecule is CCc1cc2c(C(=O)NC)c(-c3ccc(F)cc3)oc2nc1N(CCCCSC(C)C)S(C)(=O)=O. The van der Waals surface area contributed by atoms with Crippen LogP contribution in [0.2, 0.25) is 0 Å². The van der Waals surface area contributed by atoms with Crippen molar-refractivity contribution < 1.29 is 22.0 Å². The topological polar surface area (TPSA) is 92.5 Å². The number of nitrogens with zero attached hydrogens (tertiary/aromatic N) is 2. The van der Waals surface area contributed by atoms with Gasteiger partial charge < -0.3 is 9.73 Å². The highest BCUT2D eigenvalue weighted by atomic mass is 32.2. The average molecular weight is 522 g/mol. The van der Waals surface area contributed by atoms with Crippen molar-refractivity contribution in [3.8, 4) is 11.3 Å². The smallest absolute Gasteiger partial charge is 0.255 e. The number of aryl methyl sites for hydroxylation is 1. The molecule has 7 nitrogen and oxygen atoms in total. The lowest BCUT2D eigenvalue weighted by Gasteiger charge is -2.23. The second-order valence-corrected chi connectivity index (χ2v) is 12.1. The minimum Gasteiger partial charge on any atom is -0.437 e. The lowest BCUT2D eigenvalue weighted by Crippen LogP contribution is -2.32. The Labute approximate surface area is 210 Å². The van der Waals surface area contributed by atoms with Crippen molar-refractivity contribution in [1.29, 1.82) is 0 Å². The molecule has 35 heavy (non-hydrogen) atoms.